The molecular formula is C21H18FN4O2P. The Morgan fingerprint density at radius 2 is 2.00 bits per heavy atom. The zero-order chi connectivity index (χ0) is 20.2. The van der Waals surface area contributed by atoms with Crippen molar-refractivity contribution in [2.75, 3.05) is 5.73 Å². The summed E-state index contributed by atoms with van der Waals surface area (Å²) in [6, 6.07) is 14.0. The summed E-state index contributed by atoms with van der Waals surface area (Å²) in [6.07, 6.45) is 3.86. The second-order valence-corrected chi connectivity index (χ2v) is 7.11. The van der Waals surface area contributed by atoms with Crippen LogP contribution in [0.1, 0.15) is 16.8 Å². The molecule has 8 heteroatoms. The van der Waals surface area contributed by atoms with Gasteiger partial charge in [-0.1, -0.05) is 23.4 Å². The molecule has 3 aromatic heterocycles. The van der Waals surface area contributed by atoms with Crippen LogP contribution in [0.15, 0.2) is 65.4 Å². The second-order valence-electron chi connectivity index (χ2n) is 6.44. The molecule has 0 fully saturated rings. The summed E-state index contributed by atoms with van der Waals surface area (Å²) in [5.74, 6) is 1.08. The first-order valence-electron chi connectivity index (χ1n) is 8.86. The van der Waals surface area contributed by atoms with E-state index in [0.717, 1.165) is 16.6 Å². The number of nitrogen functional groups attached to an aromatic ring is 1. The topological polar surface area (TPSA) is 87.1 Å². The minimum atomic E-state index is -0.301. The maximum Gasteiger partial charge on any atom is 0.213 e. The molecule has 0 aliphatic rings. The molecule has 1 atom stereocenters. The summed E-state index contributed by atoms with van der Waals surface area (Å²) in [7, 11) is 2.46. The lowest BCUT2D eigenvalue weighted by Crippen LogP contribution is -2.03. The van der Waals surface area contributed by atoms with E-state index in [-0.39, 0.29) is 12.4 Å². The van der Waals surface area contributed by atoms with Gasteiger partial charge in [0.25, 0.3) is 0 Å². The number of nitrogens with two attached hydrogens (primary N) is 1. The molecule has 0 spiro atoms. The number of anilines is 1. The molecule has 29 heavy (non-hydrogen) atoms. The van der Waals surface area contributed by atoms with Crippen LogP contribution in [0.5, 0.6) is 5.88 Å². The highest BCUT2D eigenvalue weighted by Crippen LogP contribution is 2.25. The Bertz CT molecular complexity index is 1130. The van der Waals surface area contributed by atoms with Crippen LogP contribution in [-0.4, -0.2) is 15.1 Å². The molecule has 0 saturated heterocycles. The third-order valence-corrected chi connectivity index (χ3v) is 4.66. The van der Waals surface area contributed by atoms with Gasteiger partial charge >= 0.3 is 0 Å². The third kappa shape index (κ3) is 4.58. The van der Waals surface area contributed by atoms with E-state index in [1.54, 1.807) is 30.6 Å². The number of ether oxygens (including phenoxy) is 1. The van der Waals surface area contributed by atoms with E-state index < -0.39 is 0 Å². The molecule has 0 aliphatic carbocycles. The number of pyridine rings is 2. The molecule has 0 amide bonds. The highest BCUT2D eigenvalue weighted by molar-refractivity contribution is 7.27. The van der Waals surface area contributed by atoms with Gasteiger partial charge in [0.05, 0.1) is 11.3 Å². The Labute approximate surface area is 169 Å². The predicted octanol–water partition coefficient (Wildman–Crippen LogP) is 3.52. The molecule has 146 valence electrons. The molecule has 4 aromatic rings. The van der Waals surface area contributed by atoms with E-state index in [1.165, 1.54) is 6.07 Å². The Morgan fingerprint density at radius 1 is 1.10 bits per heavy atom. The van der Waals surface area contributed by atoms with E-state index in [9.17, 15) is 4.39 Å². The summed E-state index contributed by atoms with van der Waals surface area (Å²) in [5, 5.41) is 4.87. The number of aromatic nitrogens is 3. The van der Waals surface area contributed by atoms with Gasteiger partial charge in [-0.05, 0) is 29.1 Å². The van der Waals surface area contributed by atoms with Gasteiger partial charge in [-0.25, -0.2) is 14.4 Å². The quantitative estimate of drug-likeness (QED) is 0.491. The van der Waals surface area contributed by atoms with Crippen molar-refractivity contribution < 1.29 is 13.7 Å². The van der Waals surface area contributed by atoms with Crippen LogP contribution in [0.4, 0.5) is 10.2 Å². The Morgan fingerprint density at radius 3 is 2.76 bits per heavy atom. The fraction of sp³-hybridized carbons (Fsp3) is 0.0952. The van der Waals surface area contributed by atoms with E-state index in [4.69, 9.17) is 15.0 Å². The molecule has 0 saturated carbocycles. The molecule has 4 rings (SSSR count). The standard InChI is InChI=1S/C21H18FN4O2P/c22-18-10-16(29)5-4-14(18)12-27-20-6-3-13(11-25-20)8-15-9-19(28-26-15)17-2-1-7-24-21(17)23/h1-7,9-11H,8,12,29H2,(H2,23,24). The van der Waals surface area contributed by atoms with Crippen molar-refractivity contribution in [2.45, 2.75) is 13.0 Å². The molecule has 3 heterocycles. The van der Waals surface area contributed by atoms with Crippen molar-refractivity contribution in [1.82, 2.24) is 15.1 Å². The summed E-state index contributed by atoms with van der Waals surface area (Å²) in [4.78, 5) is 8.33. The lowest BCUT2D eigenvalue weighted by molar-refractivity contribution is 0.288. The molecule has 0 aliphatic heterocycles. The smallest absolute Gasteiger partial charge is 0.213 e. The van der Waals surface area contributed by atoms with Crippen molar-refractivity contribution in [1.29, 1.82) is 0 Å². The third-order valence-electron chi connectivity index (χ3n) is 4.30. The number of nitrogens with zero attached hydrogens (tertiary/aromatic N) is 3. The first-order chi connectivity index (χ1) is 14.1. The molecule has 6 nitrogen and oxygen atoms in total. The van der Waals surface area contributed by atoms with Crippen LogP contribution in [0.25, 0.3) is 11.3 Å². The van der Waals surface area contributed by atoms with Crippen LogP contribution in [-0.2, 0) is 13.0 Å². The number of rotatable bonds is 6. The van der Waals surface area contributed by atoms with Crippen LogP contribution in [0.2, 0.25) is 0 Å². The second kappa shape index (κ2) is 8.37. The zero-order valence-corrected chi connectivity index (χ0v) is 16.5. The van der Waals surface area contributed by atoms with E-state index in [2.05, 4.69) is 24.4 Å². The van der Waals surface area contributed by atoms with Crippen LogP contribution >= 0.6 is 9.24 Å². The molecule has 1 aromatic carbocycles. The lowest BCUT2D eigenvalue weighted by atomic mass is 10.1. The van der Waals surface area contributed by atoms with E-state index in [1.807, 2.05) is 24.3 Å². The van der Waals surface area contributed by atoms with Crippen molar-refractivity contribution >= 4 is 20.4 Å². The van der Waals surface area contributed by atoms with Gasteiger partial charge < -0.3 is 15.0 Å². The zero-order valence-electron chi connectivity index (χ0n) is 15.4. The molecule has 1 unspecified atom stereocenters. The van der Waals surface area contributed by atoms with E-state index >= 15 is 0 Å². The summed E-state index contributed by atoms with van der Waals surface area (Å²) < 4.78 is 24.8. The Hall–Kier alpha value is -3.31. The van der Waals surface area contributed by atoms with Crippen LogP contribution in [0.3, 0.4) is 0 Å². The van der Waals surface area contributed by atoms with Crippen molar-refractivity contribution in [3.63, 3.8) is 0 Å². The predicted molar refractivity (Wildman–Crippen MR) is 111 cm³/mol. The molecule has 0 radical (unpaired) electrons. The van der Waals surface area contributed by atoms with Gasteiger partial charge in [-0.15, -0.1) is 9.24 Å². The van der Waals surface area contributed by atoms with Crippen LogP contribution < -0.4 is 15.8 Å². The fourth-order valence-corrected chi connectivity index (χ4v) is 3.03. The summed E-state index contributed by atoms with van der Waals surface area (Å²) in [6.45, 7) is 0.113. The minimum Gasteiger partial charge on any atom is -0.473 e. The van der Waals surface area contributed by atoms with Crippen molar-refractivity contribution in [3.8, 4) is 17.2 Å². The normalized spacial score (nSPS) is 10.8. The average Bonchev–Trinajstić information content (AvgIpc) is 3.17. The van der Waals surface area contributed by atoms with Crippen LogP contribution in [0, 0.1) is 5.82 Å². The molecule has 0 bridgehead atoms. The van der Waals surface area contributed by atoms with E-state index in [0.29, 0.717) is 35.0 Å². The minimum absolute atomic E-state index is 0.113. The monoisotopic (exact) mass is 408 g/mol. The molecule has 2 N–H and O–H groups in total. The maximum absolute atomic E-state index is 13.9. The first kappa shape index (κ1) is 19.0. The van der Waals surface area contributed by atoms with Crippen molar-refractivity contribution in [2.24, 2.45) is 0 Å². The number of hydrogen-bond donors (Lipinski definition) is 1. The van der Waals surface area contributed by atoms with Gasteiger partial charge in [-0.2, -0.15) is 0 Å². The maximum atomic E-state index is 13.9. The lowest BCUT2D eigenvalue weighted by Gasteiger charge is -2.07. The van der Waals surface area contributed by atoms with Gasteiger partial charge in [0.2, 0.25) is 5.88 Å². The summed E-state index contributed by atoms with van der Waals surface area (Å²) in [5.41, 5.74) is 8.74. The molecular weight excluding hydrogens is 390 g/mol. The SMILES string of the molecule is Nc1ncccc1-c1cc(Cc2ccc(OCc3ccc(P)cc3F)nc2)no1. The number of halogens is 1. The average molecular weight is 408 g/mol. The first-order valence-corrected chi connectivity index (χ1v) is 9.44. The highest BCUT2D eigenvalue weighted by Gasteiger charge is 2.11. The largest absolute Gasteiger partial charge is 0.473 e. The van der Waals surface area contributed by atoms with Gasteiger partial charge in [0.1, 0.15) is 18.2 Å². The van der Waals surface area contributed by atoms with Gasteiger partial charge in [0.15, 0.2) is 5.76 Å². The Balaban J connectivity index is 1.39. The Kier molecular flexibility index (Phi) is 5.49. The fourth-order valence-electron chi connectivity index (χ4n) is 2.79. The summed E-state index contributed by atoms with van der Waals surface area (Å²) >= 11 is 0. The number of benzene rings is 1. The van der Waals surface area contributed by atoms with Gasteiger partial charge in [-0.3, -0.25) is 0 Å². The highest BCUT2D eigenvalue weighted by atomic mass is 31.0. The van der Waals surface area contributed by atoms with Crippen molar-refractivity contribution in [3.05, 3.63) is 83.6 Å². The number of hydrogen-bond acceptors (Lipinski definition) is 6. The van der Waals surface area contributed by atoms with Gasteiger partial charge in [0, 0.05) is 36.5 Å².